The van der Waals surface area contributed by atoms with E-state index in [4.69, 9.17) is 0 Å². The maximum Gasteiger partial charge on any atom is 0.231 e. The van der Waals surface area contributed by atoms with Gasteiger partial charge in [-0.15, -0.1) is 12.4 Å². The lowest BCUT2D eigenvalue weighted by Gasteiger charge is -2.10. The Morgan fingerprint density at radius 1 is 1.50 bits per heavy atom. The van der Waals surface area contributed by atoms with Crippen molar-refractivity contribution < 1.29 is 4.79 Å². The van der Waals surface area contributed by atoms with Crippen molar-refractivity contribution in [2.24, 2.45) is 5.92 Å². The van der Waals surface area contributed by atoms with Crippen molar-refractivity contribution >= 4 is 35.3 Å². The number of amides is 1. The molecular weight excluding hydrogens is 276 g/mol. The molecule has 1 aromatic carbocycles. The predicted octanol–water partition coefficient (Wildman–Crippen LogP) is 2.03. The lowest BCUT2D eigenvalue weighted by Crippen LogP contribution is -2.26. The van der Waals surface area contributed by atoms with E-state index in [2.05, 4.69) is 22.5 Å². The van der Waals surface area contributed by atoms with Crippen molar-refractivity contribution in [1.82, 2.24) is 14.9 Å². The van der Waals surface area contributed by atoms with E-state index in [9.17, 15) is 4.79 Å². The van der Waals surface area contributed by atoms with Gasteiger partial charge in [-0.05, 0) is 32.0 Å². The van der Waals surface area contributed by atoms with Crippen molar-refractivity contribution in [1.29, 1.82) is 0 Å². The van der Waals surface area contributed by atoms with Gasteiger partial charge >= 0.3 is 0 Å². The first-order valence-electron chi connectivity index (χ1n) is 6.76. The Hall–Kier alpha value is -1.59. The fourth-order valence-corrected chi connectivity index (χ4v) is 2.58. The number of fused-ring (bicyclic) bond motifs is 1. The lowest BCUT2D eigenvalue weighted by molar-refractivity contribution is -0.119. The van der Waals surface area contributed by atoms with Gasteiger partial charge in [0.1, 0.15) is 0 Å². The molecule has 20 heavy (non-hydrogen) atoms. The van der Waals surface area contributed by atoms with E-state index in [0.29, 0.717) is 5.95 Å². The number of halogens is 1. The minimum atomic E-state index is 0. The summed E-state index contributed by atoms with van der Waals surface area (Å²) >= 11 is 0. The van der Waals surface area contributed by atoms with E-state index < -0.39 is 0 Å². The molecule has 0 bridgehead atoms. The highest BCUT2D eigenvalue weighted by Crippen LogP contribution is 2.20. The van der Waals surface area contributed by atoms with Crippen LogP contribution in [-0.4, -0.2) is 28.5 Å². The second-order valence-corrected chi connectivity index (χ2v) is 4.85. The van der Waals surface area contributed by atoms with Gasteiger partial charge in [0, 0.05) is 13.1 Å². The highest BCUT2D eigenvalue weighted by atomic mass is 35.5. The number of aryl methyl sites for hydroxylation is 1. The molecule has 1 aromatic heterocycles. The molecule has 0 spiro atoms. The maximum atomic E-state index is 12.2. The number of carbonyl (C=O) groups excluding carboxylic acids is 1. The molecule has 108 valence electrons. The summed E-state index contributed by atoms with van der Waals surface area (Å²) in [7, 11) is 0. The number of imidazole rings is 1. The molecule has 1 amide bonds. The molecule has 6 heteroatoms. The Morgan fingerprint density at radius 2 is 2.30 bits per heavy atom. The van der Waals surface area contributed by atoms with Gasteiger partial charge in [0.2, 0.25) is 11.9 Å². The fraction of sp³-hybridized carbons (Fsp3) is 0.429. The van der Waals surface area contributed by atoms with Crippen molar-refractivity contribution in [3.63, 3.8) is 0 Å². The number of nitrogens with one attached hydrogen (secondary N) is 2. The molecule has 0 aliphatic carbocycles. The molecule has 2 N–H and O–H groups in total. The van der Waals surface area contributed by atoms with Crippen molar-refractivity contribution in [3.8, 4) is 0 Å². The Labute approximate surface area is 124 Å². The Bertz CT molecular complexity index is 604. The Balaban J connectivity index is 0.00000147. The van der Waals surface area contributed by atoms with Gasteiger partial charge in [-0.25, -0.2) is 4.98 Å². The molecule has 5 nitrogen and oxygen atoms in total. The SMILES string of the molecule is CCn1c(NC(=O)C2CCNC2)nc2ccccc21.Cl. The number of hydrogen-bond acceptors (Lipinski definition) is 3. The fourth-order valence-electron chi connectivity index (χ4n) is 2.58. The normalized spacial score (nSPS) is 17.9. The lowest BCUT2D eigenvalue weighted by atomic mass is 10.1. The van der Waals surface area contributed by atoms with E-state index in [1.807, 2.05) is 28.8 Å². The molecule has 1 saturated heterocycles. The summed E-state index contributed by atoms with van der Waals surface area (Å²) in [5.41, 5.74) is 1.98. The average molecular weight is 295 g/mol. The zero-order valence-corrected chi connectivity index (χ0v) is 12.2. The van der Waals surface area contributed by atoms with E-state index in [-0.39, 0.29) is 24.2 Å². The zero-order chi connectivity index (χ0) is 13.2. The minimum Gasteiger partial charge on any atom is -0.316 e. The van der Waals surface area contributed by atoms with Crippen LogP contribution in [-0.2, 0) is 11.3 Å². The predicted molar refractivity (Wildman–Crippen MR) is 82.3 cm³/mol. The highest BCUT2D eigenvalue weighted by Gasteiger charge is 2.23. The first kappa shape index (κ1) is 14.8. The van der Waals surface area contributed by atoms with Crippen LogP contribution in [0.15, 0.2) is 24.3 Å². The van der Waals surface area contributed by atoms with Crippen LogP contribution in [0, 0.1) is 5.92 Å². The second kappa shape index (κ2) is 6.24. The van der Waals surface area contributed by atoms with Gasteiger partial charge < -0.3 is 9.88 Å². The van der Waals surface area contributed by atoms with Gasteiger partial charge in [0.05, 0.1) is 17.0 Å². The highest BCUT2D eigenvalue weighted by molar-refractivity contribution is 5.93. The summed E-state index contributed by atoms with van der Waals surface area (Å²) < 4.78 is 2.04. The van der Waals surface area contributed by atoms with Gasteiger partial charge in [0.15, 0.2) is 0 Å². The number of nitrogens with zero attached hydrogens (tertiary/aromatic N) is 2. The molecule has 3 rings (SSSR count). The Morgan fingerprint density at radius 3 is 3.00 bits per heavy atom. The molecule has 1 atom stereocenters. The Kier molecular flexibility index (Phi) is 4.62. The third kappa shape index (κ3) is 2.64. The summed E-state index contributed by atoms with van der Waals surface area (Å²) in [6.45, 7) is 4.53. The number of rotatable bonds is 3. The number of anilines is 1. The number of aromatic nitrogens is 2. The summed E-state index contributed by atoms with van der Waals surface area (Å²) in [6.07, 6.45) is 0.901. The first-order chi connectivity index (χ1) is 9.29. The van der Waals surface area contributed by atoms with Crippen LogP contribution >= 0.6 is 12.4 Å². The van der Waals surface area contributed by atoms with E-state index in [1.54, 1.807) is 0 Å². The van der Waals surface area contributed by atoms with E-state index >= 15 is 0 Å². The standard InChI is InChI=1S/C14H18N4O.ClH/c1-2-18-12-6-4-3-5-11(12)16-14(18)17-13(19)10-7-8-15-9-10;/h3-6,10,15H,2,7-9H2,1H3,(H,16,17,19);1H. The van der Waals surface area contributed by atoms with Crippen LogP contribution in [0.4, 0.5) is 5.95 Å². The molecular formula is C14H19ClN4O. The van der Waals surface area contributed by atoms with Crippen molar-refractivity contribution in [2.75, 3.05) is 18.4 Å². The molecule has 1 aliphatic heterocycles. The number of benzene rings is 1. The number of hydrogen-bond donors (Lipinski definition) is 2. The van der Waals surface area contributed by atoms with E-state index in [1.165, 1.54) is 0 Å². The van der Waals surface area contributed by atoms with Gasteiger partial charge in [-0.3, -0.25) is 10.1 Å². The van der Waals surface area contributed by atoms with Crippen LogP contribution in [0.1, 0.15) is 13.3 Å². The van der Waals surface area contributed by atoms with Crippen LogP contribution in [0.5, 0.6) is 0 Å². The van der Waals surface area contributed by atoms with Crippen LogP contribution < -0.4 is 10.6 Å². The van der Waals surface area contributed by atoms with Crippen molar-refractivity contribution in [2.45, 2.75) is 19.9 Å². The molecule has 1 unspecified atom stereocenters. The van der Waals surface area contributed by atoms with Crippen LogP contribution in [0.2, 0.25) is 0 Å². The minimum absolute atomic E-state index is 0. The monoisotopic (exact) mass is 294 g/mol. The third-order valence-corrected chi connectivity index (χ3v) is 3.64. The van der Waals surface area contributed by atoms with Crippen LogP contribution in [0.3, 0.4) is 0 Å². The second-order valence-electron chi connectivity index (χ2n) is 4.85. The first-order valence-corrected chi connectivity index (χ1v) is 6.76. The van der Waals surface area contributed by atoms with Crippen LogP contribution in [0.25, 0.3) is 11.0 Å². The largest absolute Gasteiger partial charge is 0.316 e. The van der Waals surface area contributed by atoms with Gasteiger partial charge in [-0.2, -0.15) is 0 Å². The molecule has 0 radical (unpaired) electrons. The molecule has 2 heterocycles. The van der Waals surface area contributed by atoms with Gasteiger partial charge in [0.25, 0.3) is 0 Å². The molecule has 0 saturated carbocycles. The maximum absolute atomic E-state index is 12.2. The van der Waals surface area contributed by atoms with Gasteiger partial charge in [-0.1, -0.05) is 12.1 Å². The third-order valence-electron chi connectivity index (χ3n) is 3.64. The average Bonchev–Trinajstić information content (AvgIpc) is 3.05. The topological polar surface area (TPSA) is 59.0 Å². The van der Waals surface area contributed by atoms with Crippen molar-refractivity contribution in [3.05, 3.63) is 24.3 Å². The number of carbonyl (C=O) groups is 1. The number of para-hydroxylation sites is 2. The molecule has 2 aromatic rings. The quantitative estimate of drug-likeness (QED) is 0.910. The summed E-state index contributed by atoms with van der Waals surface area (Å²) in [5.74, 6) is 0.778. The van der Waals surface area contributed by atoms with E-state index in [0.717, 1.165) is 37.1 Å². The smallest absolute Gasteiger partial charge is 0.231 e. The summed E-state index contributed by atoms with van der Waals surface area (Å²) in [5, 5.41) is 6.17. The molecule has 1 aliphatic rings. The summed E-state index contributed by atoms with van der Waals surface area (Å²) in [6, 6.07) is 7.94. The molecule has 1 fully saturated rings. The summed E-state index contributed by atoms with van der Waals surface area (Å²) in [4.78, 5) is 16.7. The zero-order valence-electron chi connectivity index (χ0n) is 11.4.